The van der Waals surface area contributed by atoms with Gasteiger partial charge in [0.05, 0.1) is 11.6 Å². The van der Waals surface area contributed by atoms with E-state index in [4.69, 9.17) is 21.1 Å². The number of cyclic esters (lactones) is 1. The zero-order valence-electron chi connectivity index (χ0n) is 31.4. The number of allylic oxidation sites excluding steroid dienone is 1. The second-order valence-electron chi connectivity index (χ2n) is 19.1. The van der Waals surface area contributed by atoms with Crippen LogP contribution >= 0.6 is 11.6 Å². The van der Waals surface area contributed by atoms with Crippen molar-refractivity contribution in [2.45, 2.75) is 144 Å². The number of halogens is 1. The van der Waals surface area contributed by atoms with Crippen molar-refractivity contribution < 1.29 is 23.9 Å². The van der Waals surface area contributed by atoms with Gasteiger partial charge in [-0.15, -0.1) is 0 Å². The normalized spacial score (nSPS) is 42.8. The zero-order chi connectivity index (χ0) is 35.8. The Hall–Kier alpha value is -2.48. The summed E-state index contributed by atoms with van der Waals surface area (Å²) in [7, 11) is 0. The summed E-state index contributed by atoms with van der Waals surface area (Å²) < 4.78 is 12.4. The Labute approximate surface area is 302 Å². The van der Waals surface area contributed by atoms with E-state index in [9.17, 15) is 14.4 Å². The highest BCUT2D eigenvalue weighted by Gasteiger charge is 2.72. The van der Waals surface area contributed by atoms with Gasteiger partial charge in [-0.1, -0.05) is 60.1 Å². The molecule has 7 aliphatic rings. The maximum atomic E-state index is 14.2. The van der Waals surface area contributed by atoms with Crippen molar-refractivity contribution in [1.82, 2.24) is 14.9 Å². The molecule has 272 valence electrons. The van der Waals surface area contributed by atoms with Crippen molar-refractivity contribution in [1.29, 1.82) is 0 Å². The van der Waals surface area contributed by atoms with Crippen LogP contribution in [0.3, 0.4) is 0 Å². The largest absolute Gasteiger partial charge is 0.462 e. The van der Waals surface area contributed by atoms with Crippen molar-refractivity contribution in [3.8, 4) is 0 Å². The Morgan fingerprint density at radius 3 is 2.26 bits per heavy atom. The van der Waals surface area contributed by atoms with Crippen LogP contribution < -0.4 is 0 Å². The number of rotatable bonds is 5. The molecule has 2 heterocycles. The van der Waals surface area contributed by atoms with E-state index < -0.39 is 11.0 Å². The number of aromatic nitrogens is 2. The number of amides is 1. The summed E-state index contributed by atoms with van der Waals surface area (Å²) in [5, 5.41) is 0.473. The molecule has 1 saturated heterocycles. The van der Waals surface area contributed by atoms with Crippen LogP contribution in [-0.2, 0) is 24.6 Å². The van der Waals surface area contributed by atoms with Crippen molar-refractivity contribution in [3.05, 3.63) is 34.4 Å². The summed E-state index contributed by atoms with van der Waals surface area (Å²) in [5.74, 6) is 2.12. The first-order chi connectivity index (χ1) is 23.4. The third-order valence-corrected chi connectivity index (χ3v) is 16.6. The average molecular weight is 706 g/mol. The molecule has 50 heavy (non-hydrogen) atoms. The lowest BCUT2D eigenvalue weighted by Crippen LogP contribution is -2.66. The van der Waals surface area contributed by atoms with Crippen LogP contribution in [-0.4, -0.2) is 51.5 Å². The van der Waals surface area contributed by atoms with Gasteiger partial charge in [-0.25, -0.2) is 14.8 Å². The first kappa shape index (κ1) is 34.6. The Kier molecular flexibility index (Phi) is 7.63. The second-order valence-corrected chi connectivity index (χ2v) is 19.5. The maximum absolute atomic E-state index is 14.2. The highest BCUT2D eigenvalue weighted by molar-refractivity contribution is 6.30. The van der Waals surface area contributed by atoms with Crippen LogP contribution in [0.5, 0.6) is 0 Å². The fraction of sp³-hybridized carbons (Fsp3) is 0.780. The molecule has 6 fully saturated rings. The molecule has 1 amide bonds. The minimum atomic E-state index is -0.564. The molecule has 0 spiro atoms. The number of hydrogen-bond acceptors (Lipinski definition) is 7. The molecule has 1 aromatic rings. The lowest BCUT2D eigenvalue weighted by Gasteiger charge is -2.72. The number of hydrogen-bond donors (Lipinski definition) is 0. The van der Waals surface area contributed by atoms with Gasteiger partial charge in [-0.05, 0) is 115 Å². The number of esters is 1. The van der Waals surface area contributed by atoms with Gasteiger partial charge in [0.2, 0.25) is 0 Å². The van der Waals surface area contributed by atoms with E-state index in [1.165, 1.54) is 5.57 Å². The molecule has 5 saturated carbocycles. The molecular formula is C41H56ClN3O5. The first-order valence-electron chi connectivity index (χ1n) is 19.4. The van der Waals surface area contributed by atoms with Crippen LogP contribution in [0.25, 0.3) is 0 Å². The first-order valence-corrected chi connectivity index (χ1v) is 19.7. The lowest BCUT2D eigenvalue weighted by atomic mass is 9.33. The highest BCUT2D eigenvalue weighted by Crippen LogP contribution is 2.77. The van der Waals surface area contributed by atoms with E-state index >= 15 is 0 Å². The third-order valence-electron chi connectivity index (χ3n) is 16.4. The minimum Gasteiger partial charge on any atom is -0.462 e. The summed E-state index contributed by atoms with van der Waals surface area (Å²) in [4.78, 5) is 51.1. The van der Waals surface area contributed by atoms with Gasteiger partial charge in [0, 0.05) is 36.6 Å². The zero-order valence-corrected chi connectivity index (χ0v) is 32.1. The van der Waals surface area contributed by atoms with E-state index in [-0.39, 0.29) is 63.5 Å². The molecule has 0 N–H and O–H groups in total. The smallest absolute Gasteiger partial charge is 0.411 e. The van der Waals surface area contributed by atoms with Crippen LogP contribution in [0.2, 0.25) is 5.02 Å². The fourth-order valence-electron chi connectivity index (χ4n) is 13.8. The van der Waals surface area contributed by atoms with Crippen molar-refractivity contribution in [2.24, 2.45) is 50.7 Å². The average Bonchev–Trinajstić information content (AvgIpc) is 3.64. The van der Waals surface area contributed by atoms with Crippen LogP contribution in [0.4, 0.5) is 4.79 Å². The summed E-state index contributed by atoms with van der Waals surface area (Å²) in [6.45, 7) is 18.7. The molecule has 0 bridgehead atoms. The van der Waals surface area contributed by atoms with Gasteiger partial charge in [0.1, 0.15) is 17.7 Å². The molecule has 0 radical (unpaired) electrons. The summed E-state index contributed by atoms with van der Waals surface area (Å²) in [6.07, 6.45) is 12.8. The SMILES string of the molecule is CC(=O)OC1CCC2(C)C(CCC3(C)C2CCC2C4=C(C(C)C)C(=O)CC4(C4CN(C5(c6ncc(Cl)cn6)CC5)C(=O)O4)CCC23C)C1(C)C. The molecule has 1 aromatic heterocycles. The maximum Gasteiger partial charge on any atom is 0.411 e. The quantitative estimate of drug-likeness (QED) is 0.282. The van der Waals surface area contributed by atoms with Gasteiger partial charge in [0.25, 0.3) is 0 Å². The molecule has 1 aliphatic heterocycles. The Bertz CT molecular complexity index is 1670. The van der Waals surface area contributed by atoms with Gasteiger partial charge in [-0.2, -0.15) is 0 Å². The van der Waals surface area contributed by atoms with Gasteiger partial charge in [0.15, 0.2) is 11.6 Å². The second kappa shape index (κ2) is 11.0. The van der Waals surface area contributed by atoms with E-state index in [1.807, 2.05) is 4.90 Å². The van der Waals surface area contributed by atoms with E-state index in [0.717, 1.165) is 69.8 Å². The van der Waals surface area contributed by atoms with Crippen LogP contribution in [0.1, 0.15) is 132 Å². The number of carbonyl (C=O) groups excluding carboxylic acids is 3. The van der Waals surface area contributed by atoms with Crippen molar-refractivity contribution in [3.63, 3.8) is 0 Å². The number of nitrogens with zero attached hydrogens (tertiary/aromatic N) is 3. The number of carbonyl (C=O) groups is 3. The number of fused-ring (bicyclic) bond motifs is 7. The topological polar surface area (TPSA) is 98.7 Å². The monoisotopic (exact) mass is 705 g/mol. The standard InChI is InChI=1S/C41H56ClN3O5/c1-23(2)32-27(47)19-40(31-22-45(35(48)50-31)41(17-18-41)34-43-20-25(42)21-44-34)16-15-38(7)26(33(32)40)9-10-29-37(6)13-12-30(49-24(3)46)36(4,5)28(37)11-14-39(29,38)8/h20-21,23,26,28-31H,9-19,22H2,1-8H3. The summed E-state index contributed by atoms with van der Waals surface area (Å²) in [5.41, 5.74) is 1.50. The molecular weight excluding hydrogens is 650 g/mol. The predicted molar refractivity (Wildman–Crippen MR) is 190 cm³/mol. The third kappa shape index (κ3) is 4.44. The van der Waals surface area contributed by atoms with Gasteiger partial charge < -0.3 is 9.47 Å². The number of Topliss-reactive ketones (excluding diaryl/α,β-unsaturated/α-hetero) is 1. The molecule has 6 aliphatic carbocycles. The molecule has 8 rings (SSSR count). The van der Waals surface area contributed by atoms with Gasteiger partial charge in [-0.3, -0.25) is 14.5 Å². The Morgan fingerprint density at radius 1 is 0.920 bits per heavy atom. The number of ketones is 1. The van der Waals surface area contributed by atoms with E-state index in [2.05, 4.69) is 58.4 Å². The molecule has 9 atom stereocenters. The van der Waals surface area contributed by atoms with E-state index in [0.29, 0.717) is 35.6 Å². The summed E-state index contributed by atoms with van der Waals surface area (Å²) >= 11 is 6.12. The van der Waals surface area contributed by atoms with Crippen molar-refractivity contribution in [2.75, 3.05) is 6.54 Å². The molecule has 9 unspecified atom stereocenters. The Morgan fingerprint density at radius 2 is 1.62 bits per heavy atom. The Balaban J connectivity index is 1.14. The predicted octanol–water partition coefficient (Wildman–Crippen LogP) is 8.85. The van der Waals surface area contributed by atoms with Crippen molar-refractivity contribution >= 4 is 29.4 Å². The van der Waals surface area contributed by atoms with E-state index in [1.54, 1.807) is 19.3 Å². The van der Waals surface area contributed by atoms with Crippen LogP contribution in [0, 0.1) is 50.7 Å². The fourth-order valence-corrected chi connectivity index (χ4v) is 13.9. The molecule has 0 aromatic carbocycles. The highest BCUT2D eigenvalue weighted by atomic mass is 35.5. The van der Waals surface area contributed by atoms with Gasteiger partial charge >= 0.3 is 12.1 Å². The minimum absolute atomic E-state index is 0.0154. The molecule has 8 nitrogen and oxygen atoms in total. The lowest BCUT2D eigenvalue weighted by molar-refractivity contribution is -0.234. The molecule has 9 heteroatoms. The summed E-state index contributed by atoms with van der Waals surface area (Å²) in [6, 6.07) is 0. The van der Waals surface area contributed by atoms with Crippen LogP contribution in [0.15, 0.2) is 23.5 Å². The number of ether oxygens (including phenoxy) is 2.